The van der Waals surface area contributed by atoms with Gasteiger partial charge < -0.3 is 14.5 Å². The van der Waals surface area contributed by atoms with E-state index < -0.39 is 0 Å². The van der Waals surface area contributed by atoms with E-state index in [4.69, 9.17) is 4.74 Å². The van der Waals surface area contributed by atoms with Crippen LogP contribution in [0.4, 0.5) is 0 Å². The van der Waals surface area contributed by atoms with E-state index in [1.807, 2.05) is 23.9 Å². The zero-order valence-electron chi connectivity index (χ0n) is 15.3. The summed E-state index contributed by atoms with van der Waals surface area (Å²) in [5.74, 6) is 2.71. The van der Waals surface area contributed by atoms with Gasteiger partial charge in [-0.2, -0.15) is 0 Å². The number of nitrogens with zero attached hydrogens (tertiary/aromatic N) is 2. The minimum Gasteiger partial charge on any atom is -0.497 e. The molecular formula is C19H30N2O2S. The molecule has 24 heavy (non-hydrogen) atoms. The smallest absolute Gasteiger partial charge is 0.224 e. The average molecular weight is 351 g/mol. The van der Waals surface area contributed by atoms with Gasteiger partial charge in [-0.05, 0) is 43.7 Å². The van der Waals surface area contributed by atoms with E-state index in [1.54, 1.807) is 7.11 Å². The highest BCUT2D eigenvalue weighted by atomic mass is 32.2. The van der Waals surface area contributed by atoms with E-state index >= 15 is 0 Å². The van der Waals surface area contributed by atoms with Crippen molar-refractivity contribution in [3.63, 3.8) is 0 Å². The molecule has 0 spiro atoms. The summed E-state index contributed by atoms with van der Waals surface area (Å²) in [6.07, 6.45) is 1.69. The summed E-state index contributed by atoms with van der Waals surface area (Å²) in [6.45, 7) is 7.15. The normalized spacial score (nSPS) is 17.9. The molecule has 1 amide bonds. The Morgan fingerprint density at radius 2 is 1.88 bits per heavy atom. The number of carbonyl (C=O) groups excluding carboxylic acids is 1. The Balaban J connectivity index is 2.02. The number of amides is 1. The van der Waals surface area contributed by atoms with E-state index in [9.17, 15) is 4.79 Å². The molecular weight excluding hydrogens is 320 g/mol. The predicted molar refractivity (Wildman–Crippen MR) is 101 cm³/mol. The van der Waals surface area contributed by atoms with Gasteiger partial charge in [0, 0.05) is 42.7 Å². The number of hydrogen-bond donors (Lipinski definition) is 0. The van der Waals surface area contributed by atoms with Gasteiger partial charge in [-0.25, -0.2) is 0 Å². The Hall–Kier alpha value is -1.20. The summed E-state index contributed by atoms with van der Waals surface area (Å²) in [5, 5.41) is 0. The lowest BCUT2D eigenvalue weighted by Crippen LogP contribution is -2.43. The molecule has 1 saturated heterocycles. The van der Waals surface area contributed by atoms with Crippen molar-refractivity contribution in [1.82, 2.24) is 9.80 Å². The van der Waals surface area contributed by atoms with E-state index in [1.165, 1.54) is 4.90 Å². The molecule has 5 heteroatoms. The lowest BCUT2D eigenvalue weighted by atomic mass is 10.0. The minimum atomic E-state index is 0.302. The molecule has 2 rings (SSSR count). The molecule has 0 saturated carbocycles. The highest BCUT2D eigenvalue weighted by Crippen LogP contribution is 2.26. The molecule has 0 bridgehead atoms. The lowest BCUT2D eigenvalue weighted by molar-refractivity contribution is -0.132. The molecule has 1 aromatic rings. The van der Waals surface area contributed by atoms with Gasteiger partial charge in [-0.15, -0.1) is 11.8 Å². The maximum absolute atomic E-state index is 12.6. The van der Waals surface area contributed by atoms with Crippen molar-refractivity contribution in [3.05, 3.63) is 24.3 Å². The van der Waals surface area contributed by atoms with Crippen molar-refractivity contribution >= 4 is 17.7 Å². The Kier molecular flexibility index (Phi) is 7.43. The molecule has 1 fully saturated rings. The monoisotopic (exact) mass is 350 g/mol. The topological polar surface area (TPSA) is 32.8 Å². The number of carbonyl (C=O) groups is 1. The number of likely N-dealkylation sites (N-methyl/N-ethyl adjacent to an activating group) is 1. The Bertz CT molecular complexity index is 519. The van der Waals surface area contributed by atoms with Crippen LogP contribution in [0.2, 0.25) is 0 Å². The second kappa shape index (κ2) is 9.33. The van der Waals surface area contributed by atoms with Gasteiger partial charge in [-0.3, -0.25) is 4.79 Å². The molecule has 134 valence electrons. The van der Waals surface area contributed by atoms with Crippen LogP contribution in [0.15, 0.2) is 29.2 Å². The molecule has 1 heterocycles. The SMILES string of the molecule is COc1ccc(SCC(CC(C)C)N2CCN(C)CCC2=O)cc1. The molecule has 0 aliphatic carbocycles. The molecule has 1 aromatic carbocycles. The Morgan fingerprint density at radius 1 is 1.17 bits per heavy atom. The first kappa shape index (κ1) is 19.1. The van der Waals surface area contributed by atoms with Crippen LogP contribution in [0.1, 0.15) is 26.7 Å². The third-order valence-corrected chi connectivity index (χ3v) is 5.59. The number of ether oxygens (including phenoxy) is 1. The van der Waals surface area contributed by atoms with Gasteiger partial charge in [-0.1, -0.05) is 13.8 Å². The molecule has 0 aromatic heterocycles. The summed E-state index contributed by atoms with van der Waals surface area (Å²) in [7, 11) is 3.78. The van der Waals surface area contributed by atoms with Crippen LogP contribution in [-0.2, 0) is 4.79 Å². The fraction of sp³-hybridized carbons (Fsp3) is 0.632. The second-order valence-electron chi connectivity index (χ2n) is 6.91. The first-order valence-corrected chi connectivity index (χ1v) is 9.73. The van der Waals surface area contributed by atoms with Crippen LogP contribution in [-0.4, -0.2) is 61.3 Å². The van der Waals surface area contributed by atoms with Crippen LogP contribution < -0.4 is 4.74 Å². The van der Waals surface area contributed by atoms with E-state index in [2.05, 4.69) is 42.8 Å². The maximum Gasteiger partial charge on any atom is 0.224 e. The number of rotatable bonds is 7. The molecule has 0 radical (unpaired) electrons. The largest absolute Gasteiger partial charge is 0.497 e. The van der Waals surface area contributed by atoms with Crippen molar-refractivity contribution in [3.8, 4) is 5.75 Å². The van der Waals surface area contributed by atoms with Gasteiger partial charge >= 0.3 is 0 Å². The highest BCUT2D eigenvalue weighted by molar-refractivity contribution is 7.99. The van der Waals surface area contributed by atoms with Gasteiger partial charge in [0.1, 0.15) is 5.75 Å². The van der Waals surface area contributed by atoms with Crippen molar-refractivity contribution in [1.29, 1.82) is 0 Å². The number of thioether (sulfide) groups is 1. The zero-order chi connectivity index (χ0) is 17.5. The minimum absolute atomic E-state index is 0.302. The molecule has 1 unspecified atom stereocenters. The van der Waals surface area contributed by atoms with E-state index in [-0.39, 0.29) is 0 Å². The molecule has 0 N–H and O–H groups in total. The maximum atomic E-state index is 12.6. The standard InChI is InChI=1S/C19H30N2O2S/c1-15(2)13-16(21-12-11-20(3)10-9-19(21)22)14-24-18-7-5-17(23-4)6-8-18/h5-8,15-16H,9-14H2,1-4H3. The van der Waals surface area contributed by atoms with Crippen LogP contribution in [0.5, 0.6) is 5.75 Å². The molecule has 1 aliphatic heterocycles. The third-order valence-electron chi connectivity index (χ3n) is 4.44. The summed E-state index contributed by atoms with van der Waals surface area (Å²) in [5.41, 5.74) is 0. The van der Waals surface area contributed by atoms with Crippen LogP contribution in [0, 0.1) is 5.92 Å². The number of hydrogen-bond acceptors (Lipinski definition) is 4. The first-order valence-electron chi connectivity index (χ1n) is 8.74. The molecule has 4 nitrogen and oxygen atoms in total. The third kappa shape index (κ3) is 5.71. The van der Waals surface area contributed by atoms with Crippen molar-refractivity contribution in [2.24, 2.45) is 5.92 Å². The summed E-state index contributed by atoms with van der Waals surface area (Å²) < 4.78 is 5.21. The van der Waals surface area contributed by atoms with E-state index in [0.29, 0.717) is 24.3 Å². The van der Waals surface area contributed by atoms with Crippen molar-refractivity contribution < 1.29 is 9.53 Å². The van der Waals surface area contributed by atoms with E-state index in [0.717, 1.165) is 37.6 Å². The first-order chi connectivity index (χ1) is 11.5. The Morgan fingerprint density at radius 3 is 2.50 bits per heavy atom. The van der Waals surface area contributed by atoms with Gasteiger partial charge in [0.15, 0.2) is 0 Å². The van der Waals surface area contributed by atoms with Gasteiger partial charge in [0.05, 0.1) is 7.11 Å². The summed E-state index contributed by atoms with van der Waals surface area (Å²) >= 11 is 1.83. The fourth-order valence-corrected chi connectivity index (χ4v) is 4.05. The highest BCUT2D eigenvalue weighted by Gasteiger charge is 2.27. The quantitative estimate of drug-likeness (QED) is 0.706. The van der Waals surface area contributed by atoms with Gasteiger partial charge in [0.25, 0.3) is 0 Å². The van der Waals surface area contributed by atoms with Crippen molar-refractivity contribution in [2.75, 3.05) is 39.5 Å². The zero-order valence-corrected chi connectivity index (χ0v) is 16.1. The fourth-order valence-electron chi connectivity index (χ4n) is 3.03. The predicted octanol–water partition coefficient (Wildman–Crippen LogP) is 3.37. The lowest BCUT2D eigenvalue weighted by Gasteiger charge is -2.32. The summed E-state index contributed by atoms with van der Waals surface area (Å²) in [6, 6.07) is 8.47. The van der Waals surface area contributed by atoms with Crippen molar-refractivity contribution in [2.45, 2.75) is 37.6 Å². The van der Waals surface area contributed by atoms with Gasteiger partial charge in [0.2, 0.25) is 5.91 Å². The molecule has 1 aliphatic rings. The Labute approximate surface area is 150 Å². The summed E-state index contributed by atoms with van der Waals surface area (Å²) in [4.78, 5) is 18.2. The van der Waals surface area contributed by atoms with Crippen LogP contribution in [0.3, 0.4) is 0 Å². The molecule has 1 atom stereocenters. The average Bonchev–Trinajstić information content (AvgIpc) is 2.73. The number of benzene rings is 1. The number of methoxy groups -OCH3 is 1. The second-order valence-corrected chi connectivity index (χ2v) is 8.00. The van der Waals surface area contributed by atoms with Crippen LogP contribution in [0.25, 0.3) is 0 Å². The van der Waals surface area contributed by atoms with Crippen LogP contribution >= 0.6 is 11.8 Å².